The molecule has 1 rings (SSSR count). The van der Waals surface area contributed by atoms with E-state index in [0.29, 0.717) is 31.6 Å². The highest BCUT2D eigenvalue weighted by Gasteiger charge is 2.02. The molecule has 0 amide bonds. The summed E-state index contributed by atoms with van der Waals surface area (Å²) in [6, 6.07) is 9.91. The van der Waals surface area contributed by atoms with E-state index in [1.807, 2.05) is 37.3 Å². The van der Waals surface area contributed by atoms with E-state index < -0.39 is 5.97 Å². The first-order valence-electron chi connectivity index (χ1n) is 5.78. The van der Waals surface area contributed by atoms with Gasteiger partial charge in [-0.1, -0.05) is 43.3 Å². The number of carbonyl (C=O) groups is 1. The molecule has 3 nitrogen and oxygen atoms in total. The van der Waals surface area contributed by atoms with Crippen molar-refractivity contribution >= 4 is 5.97 Å². The number of hydrogen-bond acceptors (Lipinski definition) is 2. The Bertz CT molecular complexity index is 368. The Morgan fingerprint density at radius 2 is 2.06 bits per heavy atom. The van der Waals surface area contributed by atoms with Crippen molar-refractivity contribution in [2.45, 2.75) is 26.4 Å². The van der Waals surface area contributed by atoms with Gasteiger partial charge in [0.2, 0.25) is 0 Å². The second-order valence-corrected chi connectivity index (χ2v) is 3.71. The van der Waals surface area contributed by atoms with Crippen LogP contribution < -0.4 is 0 Å². The number of aliphatic carboxylic acids is 1. The van der Waals surface area contributed by atoms with Gasteiger partial charge in [-0.2, -0.15) is 0 Å². The number of carboxylic acids is 1. The highest BCUT2D eigenvalue weighted by atomic mass is 16.5. The minimum atomic E-state index is -0.837. The van der Waals surface area contributed by atoms with E-state index in [1.54, 1.807) is 6.08 Å². The zero-order valence-corrected chi connectivity index (χ0v) is 10.1. The van der Waals surface area contributed by atoms with Crippen LogP contribution in [-0.2, 0) is 16.1 Å². The fourth-order valence-corrected chi connectivity index (χ4v) is 1.46. The SMILES string of the molecule is CC/C(=C\CCOCc1ccccc1)C(=O)O. The maximum atomic E-state index is 10.7. The van der Waals surface area contributed by atoms with Gasteiger partial charge < -0.3 is 9.84 Å². The Hall–Kier alpha value is -1.61. The summed E-state index contributed by atoms with van der Waals surface area (Å²) in [6.45, 7) is 2.96. The third kappa shape index (κ3) is 5.31. The fraction of sp³-hybridized carbons (Fsp3) is 0.357. The zero-order chi connectivity index (χ0) is 12.5. The maximum Gasteiger partial charge on any atom is 0.331 e. The molecule has 1 aromatic rings. The molecule has 0 saturated carbocycles. The lowest BCUT2D eigenvalue weighted by atomic mass is 10.2. The van der Waals surface area contributed by atoms with E-state index in [0.717, 1.165) is 5.56 Å². The van der Waals surface area contributed by atoms with Crippen molar-refractivity contribution in [3.05, 3.63) is 47.5 Å². The first kappa shape index (κ1) is 13.5. The molecular formula is C14H18O3. The smallest absolute Gasteiger partial charge is 0.331 e. The molecule has 0 aliphatic rings. The van der Waals surface area contributed by atoms with Gasteiger partial charge >= 0.3 is 5.97 Å². The summed E-state index contributed by atoms with van der Waals surface area (Å²) in [5.41, 5.74) is 1.58. The molecule has 0 saturated heterocycles. The van der Waals surface area contributed by atoms with E-state index in [2.05, 4.69) is 0 Å². The Labute approximate surface area is 102 Å². The summed E-state index contributed by atoms with van der Waals surface area (Å²) in [5.74, 6) is -0.837. The number of hydrogen-bond donors (Lipinski definition) is 1. The number of benzene rings is 1. The number of ether oxygens (including phenoxy) is 1. The fourth-order valence-electron chi connectivity index (χ4n) is 1.46. The van der Waals surface area contributed by atoms with Crippen LogP contribution in [0.2, 0.25) is 0 Å². The van der Waals surface area contributed by atoms with Crippen molar-refractivity contribution in [3.8, 4) is 0 Å². The van der Waals surface area contributed by atoms with Crippen LogP contribution in [-0.4, -0.2) is 17.7 Å². The predicted octanol–water partition coefficient (Wildman–Crippen LogP) is 3.01. The molecule has 1 N–H and O–H groups in total. The van der Waals surface area contributed by atoms with Gasteiger partial charge in [-0.05, 0) is 18.4 Å². The summed E-state index contributed by atoms with van der Waals surface area (Å²) in [5, 5.41) is 8.80. The van der Waals surface area contributed by atoms with Gasteiger partial charge in [0.1, 0.15) is 0 Å². The minimum absolute atomic E-state index is 0.452. The lowest BCUT2D eigenvalue weighted by Gasteiger charge is -2.03. The van der Waals surface area contributed by atoms with Crippen LogP contribution in [0.3, 0.4) is 0 Å². The second kappa shape index (κ2) is 7.63. The monoisotopic (exact) mass is 234 g/mol. The predicted molar refractivity (Wildman–Crippen MR) is 66.7 cm³/mol. The first-order valence-corrected chi connectivity index (χ1v) is 5.78. The molecule has 0 heterocycles. The van der Waals surface area contributed by atoms with Crippen LogP contribution in [0.15, 0.2) is 42.0 Å². The standard InChI is InChI=1S/C14H18O3/c1-2-13(14(15)16)9-6-10-17-11-12-7-4-3-5-8-12/h3-5,7-9H,2,6,10-11H2,1H3,(H,15,16)/b13-9+. The van der Waals surface area contributed by atoms with E-state index in [9.17, 15) is 4.79 Å². The van der Waals surface area contributed by atoms with Crippen LogP contribution in [0.1, 0.15) is 25.3 Å². The molecule has 0 aliphatic carbocycles. The molecule has 0 aromatic heterocycles. The van der Waals surface area contributed by atoms with Crippen molar-refractivity contribution in [1.82, 2.24) is 0 Å². The van der Waals surface area contributed by atoms with E-state index >= 15 is 0 Å². The third-order valence-corrected chi connectivity index (χ3v) is 2.42. The zero-order valence-electron chi connectivity index (χ0n) is 10.1. The Morgan fingerprint density at radius 1 is 1.35 bits per heavy atom. The Balaban J connectivity index is 2.23. The maximum absolute atomic E-state index is 10.7. The lowest BCUT2D eigenvalue weighted by Crippen LogP contribution is -2.00. The van der Waals surface area contributed by atoms with Crippen LogP contribution in [0.4, 0.5) is 0 Å². The quantitative estimate of drug-likeness (QED) is 0.582. The van der Waals surface area contributed by atoms with Gasteiger partial charge in [0.25, 0.3) is 0 Å². The van der Waals surface area contributed by atoms with E-state index in [1.165, 1.54) is 0 Å². The lowest BCUT2D eigenvalue weighted by molar-refractivity contribution is -0.132. The first-order chi connectivity index (χ1) is 8.24. The molecule has 0 fully saturated rings. The van der Waals surface area contributed by atoms with Crippen LogP contribution >= 0.6 is 0 Å². The summed E-state index contributed by atoms with van der Waals surface area (Å²) in [6.07, 6.45) is 2.92. The Kier molecular flexibility index (Phi) is 6.04. The third-order valence-electron chi connectivity index (χ3n) is 2.42. The van der Waals surface area contributed by atoms with Crippen molar-refractivity contribution in [2.75, 3.05) is 6.61 Å². The molecule has 0 bridgehead atoms. The van der Waals surface area contributed by atoms with Crippen molar-refractivity contribution in [3.63, 3.8) is 0 Å². The molecule has 0 radical (unpaired) electrons. The van der Waals surface area contributed by atoms with Crippen molar-refractivity contribution in [2.24, 2.45) is 0 Å². The topological polar surface area (TPSA) is 46.5 Å². The molecule has 1 aromatic carbocycles. The highest BCUT2D eigenvalue weighted by molar-refractivity contribution is 5.86. The summed E-state index contributed by atoms with van der Waals surface area (Å²) in [7, 11) is 0. The Morgan fingerprint density at radius 3 is 2.65 bits per heavy atom. The van der Waals surface area contributed by atoms with Gasteiger partial charge in [-0.25, -0.2) is 4.79 Å². The summed E-state index contributed by atoms with van der Waals surface area (Å²) >= 11 is 0. The minimum Gasteiger partial charge on any atom is -0.478 e. The molecule has 92 valence electrons. The van der Waals surface area contributed by atoms with Gasteiger partial charge in [-0.3, -0.25) is 0 Å². The highest BCUT2D eigenvalue weighted by Crippen LogP contribution is 2.04. The van der Waals surface area contributed by atoms with Gasteiger partial charge in [0, 0.05) is 5.57 Å². The molecule has 17 heavy (non-hydrogen) atoms. The molecule has 0 spiro atoms. The average Bonchev–Trinajstić information content (AvgIpc) is 2.34. The van der Waals surface area contributed by atoms with E-state index in [-0.39, 0.29) is 0 Å². The summed E-state index contributed by atoms with van der Waals surface area (Å²) < 4.78 is 5.46. The summed E-state index contributed by atoms with van der Waals surface area (Å²) in [4.78, 5) is 10.7. The van der Waals surface area contributed by atoms with Gasteiger partial charge in [-0.15, -0.1) is 0 Å². The number of carboxylic acid groups (broad SMARTS) is 1. The largest absolute Gasteiger partial charge is 0.478 e. The van der Waals surface area contributed by atoms with Crippen LogP contribution in [0.25, 0.3) is 0 Å². The molecule has 0 atom stereocenters. The molecule has 0 unspecified atom stereocenters. The van der Waals surface area contributed by atoms with Gasteiger partial charge in [0.15, 0.2) is 0 Å². The van der Waals surface area contributed by atoms with Crippen molar-refractivity contribution < 1.29 is 14.6 Å². The molecule has 3 heteroatoms. The molecular weight excluding hydrogens is 216 g/mol. The number of rotatable bonds is 7. The van der Waals surface area contributed by atoms with Gasteiger partial charge in [0.05, 0.1) is 13.2 Å². The van der Waals surface area contributed by atoms with E-state index in [4.69, 9.17) is 9.84 Å². The van der Waals surface area contributed by atoms with Crippen LogP contribution in [0, 0.1) is 0 Å². The van der Waals surface area contributed by atoms with Crippen molar-refractivity contribution in [1.29, 1.82) is 0 Å². The normalized spacial score (nSPS) is 11.5. The molecule has 0 aliphatic heterocycles. The average molecular weight is 234 g/mol. The second-order valence-electron chi connectivity index (χ2n) is 3.71. The van der Waals surface area contributed by atoms with Crippen LogP contribution in [0.5, 0.6) is 0 Å².